The van der Waals surface area contributed by atoms with Gasteiger partial charge in [-0.2, -0.15) is 0 Å². The van der Waals surface area contributed by atoms with Crippen molar-refractivity contribution >= 4 is 51.8 Å². The van der Waals surface area contributed by atoms with E-state index in [4.69, 9.17) is 20.6 Å². The molecule has 146 valence electrons. The Hall–Kier alpha value is 1.06. The number of rotatable bonds is 10. The summed E-state index contributed by atoms with van der Waals surface area (Å²) in [6, 6.07) is 0. The summed E-state index contributed by atoms with van der Waals surface area (Å²) < 4.78 is 31.0. The highest BCUT2D eigenvalue weighted by Crippen LogP contribution is 2.25. The molecule has 24 heavy (non-hydrogen) atoms. The average molecular weight is 447 g/mol. The molecular weight excluding hydrogens is 409 g/mol. The summed E-state index contributed by atoms with van der Waals surface area (Å²) >= 11 is 0. The van der Waals surface area contributed by atoms with E-state index in [0.29, 0.717) is 0 Å². The van der Waals surface area contributed by atoms with Crippen molar-refractivity contribution in [1.29, 1.82) is 0 Å². The lowest BCUT2D eigenvalue weighted by atomic mass is 11.9. The first kappa shape index (κ1) is 25.1. The van der Waals surface area contributed by atoms with Gasteiger partial charge in [0.05, 0.1) is 0 Å². The van der Waals surface area contributed by atoms with Gasteiger partial charge in [0.25, 0.3) is 0 Å². The summed E-state index contributed by atoms with van der Waals surface area (Å²) in [4.78, 5) is 10.0. The normalized spacial score (nSPS) is 15.2. The molecule has 0 atom stereocenters. The van der Waals surface area contributed by atoms with Crippen molar-refractivity contribution in [1.82, 2.24) is 0 Å². The number of hydrogen-bond acceptors (Lipinski definition) is 6. The van der Waals surface area contributed by atoms with Crippen LogP contribution in [0.3, 0.4) is 0 Å². The zero-order valence-corrected chi connectivity index (χ0v) is 23.7. The maximum absolute atomic E-state index is 10.0. The van der Waals surface area contributed by atoms with Crippen LogP contribution in [0.5, 0.6) is 0 Å². The topological polar surface area (TPSA) is 66.4 Å². The van der Waals surface area contributed by atoms with Gasteiger partial charge >= 0.3 is 42.8 Å². The fraction of sp³-hybridized carbons (Fsp3) is 1.00. The molecule has 0 aliphatic rings. The lowest BCUT2D eigenvalue weighted by Crippen LogP contribution is -2.59. The lowest BCUT2D eigenvalue weighted by Gasteiger charge is -2.41. The van der Waals surface area contributed by atoms with E-state index in [0.717, 1.165) is 0 Å². The fourth-order valence-corrected chi connectivity index (χ4v) is 28.8. The molecule has 0 aliphatic heterocycles. The van der Waals surface area contributed by atoms with E-state index < -0.39 is 51.8 Å². The third-order valence-corrected chi connectivity index (χ3v) is 22.4. The second-order valence-electron chi connectivity index (χ2n) is 8.62. The summed E-state index contributed by atoms with van der Waals surface area (Å²) in [7, 11) is -13.3. The van der Waals surface area contributed by atoms with Crippen LogP contribution in [0.1, 0.15) is 0 Å². The van der Waals surface area contributed by atoms with E-state index in [2.05, 4.69) is 26.2 Å². The highest BCUT2D eigenvalue weighted by molar-refractivity contribution is 6.89. The monoisotopic (exact) mass is 446 g/mol. The fourth-order valence-electron chi connectivity index (χ4n) is 3.03. The maximum Gasteiger partial charge on any atom is 0.320 e. The molecule has 0 heterocycles. The van der Waals surface area contributed by atoms with Crippen LogP contribution in [0.25, 0.3) is 0 Å². The average Bonchev–Trinajstić information content (AvgIpc) is 2.00. The molecule has 12 heteroatoms. The van der Waals surface area contributed by atoms with Gasteiger partial charge in [-0.05, 0) is 78.6 Å². The molecule has 0 aromatic heterocycles. The molecule has 0 saturated carbocycles. The maximum atomic E-state index is 10.0. The molecule has 6 nitrogen and oxygen atoms in total. The smallest absolute Gasteiger partial charge is 0.320 e. The molecule has 0 bridgehead atoms. The largest absolute Gasteiger partial charge is 0.440 e. The minimum Gasteiger partial charge on any atom is -0.440 e. The molecule has 0 rings (SSSR count). The summed E-state index contributed by atoms with van der Waals surface area (Å²) in [5.41, 5.74) is 0. The van der Waals surface area contributed by atoms with Crippen molar-refractivity contribution < 1.29 is 25.4 Å². The van der Waals surface area contributed by atoms with Gasteiger partial charge in [0.2, 0.25) is 0 Å². The highest BCUT2D eigenvalue weighted by Gasteiger charge is 2.46. The summed E-state index contributed by atoms with van der Waals surface area (Å²) in [5, 5.41) is 0. The van der Waals surface area contributed by atoms with Crippen molar-refractivity contribution in [2.24, 2.45) is 0 Å². The van der Waals surface area contributed by atoms with Crippen LogP contribution in [-0.2, 0) is 20.6 Å². The summed E-state index contributed by atoms with van der Waals surface area (Å²) in [6.07, 6.45) is 0. The molecule has 0 unspecified atom stereocenters. The van der Waals surface area contributed by atoms with Crippen LogP contribution in [0, 0.1) is 0 Å². The Balaban J connectivity index is 4.94. The van der Waals surface area contributed by atoms with Crippen LogP contribution in [0.4, 0.5) is 0 Å². The zero-order valence-electron chi connectivity index (χ0n) is 17.6. The number of hydrogen-bond donors (Lipinski definition) is 1. The van der Waals surface area contributed by atoms with Gasteiger partial charge in [0.15, 0.2) is 9.04 Å². The van der Waals surface area contributed by atoms with Gasteiger partial charge in [0.1, 0.15) is 0 Å². The minimum absolute atomic E-state index is 1.15. The second kappa shape index (κ2) is 8.39. The summed E-state index contributed by atoms with van der Waals surface area (Å²) in [5.74, 6) is 0. The van der Waals surface area contributed by atoms with E-state index in [9.17, 15) is 4.80 Å². The van der Waals surface area contributed by atoms with Gasteiger partial charge in [-0.3, -0.25) is 0 Å². The van der Waals surface area contributed by atoms with Gasteiger partial charge in [-0.1, -0.05) is 0 Å². The third-order valence-electron chi connectivity index (χ3n) is 2.49. The molecule has 0 fully saturated rings. The molecule has 0 amide bonds. The van der Waals surface area contributed by atoms with E-state index in [-0.39, 0.29) is 0 Å². The SMILES string of the molecule is C[SiH](C)O[Si](C)(C)O[Si](C)(C)O[Si](C)(C)O[Si](C)(C)O[Si](C)(C)O. The van der Waals surface area contributed by atoms with Crippen molar-refractivity contribution in [3.8, 4) is 0 Å². The van der Waals surface area contributed by atoms with Crippen LogP contribution < -0.4 is 0 Å². The van der Waals surface area contributed by atoms with Gasteiger partial charge in [-0.25, -0.2) is 0 Å². The van der Waals surface area contributed by atoms with Crippen molar-refractivity contribution in [3.63, 3.8) is 0 Å². The predicted octanol–water partition coefficient (Wildman–Crippen LogP) is 3.55. The molecule has 1 N–H and O–H groups in total. The van der Waals surface area contributed by atoms with Crippen LogP contribution in [0.2, 0.25) is 78.6 Å². The Morgan fingerprint density at radius 2 is 0.833 bits per heavy atom. The first-order valence-corrected chi connectivity index (χ1v) is 25.4. The standard InChI is InChI=1S/C12H38O6Si6/c1-19(2)14-21(5,6)16-23(9,10)18-24(11,12)17-22(7,8)15-20(3,4)13/h13,19H,1-12H3. The van der Waals surface area contributed by atoms with Crippen molar-refractivity contribution in [3.05, 3.63) is 0 Å². The second-order valence-corrected chi connectivity index (χ2v) is 29.0. The van der Waals surface area contributed by atoms with Crippen LogP contribution >= 0.6 is 0 Å². The van der Waals surface area contributed by atoms with Gasteiger partial charge in [-0.15, -0.1) is 0 Å². The van der Waals surface area contributed by atoms with E-state index in [1.165, 1.54) is 0 Å². The zero-order chi connectivity index (χ0) is 19.6. The Kier molecular flexibility index (Phi) is 8.76. The summed E-state index contributed by atoms with van der Waals surface area (Å²) in [6.45, 7) is 24.0. The molecule has 0 radical (unpaired) electrons. The molecule has 0 spiro atoms. The minimum atomic E-state index is -2.63. The molecule has 0 aromatic rings. The van der Waals surface area contributed by atoms with Crippen LogP contribution in [0.15, 0.2) is 0 Å². The Labute approximate surface area is 155 Å². The van der Waals surface area contributed by atoms with Crippen molar-refractivity contribution in [2.45, 2.75) is 78.6 Å². The third kappa shape index (κ3) is 12.4. The van der Waals surface area contributed by atoms with E-state index in [1.54, 1.807) is 13.1 Å². The van der Waals surface area contributed by atoms with Gasteiger partial charge in [0, 0.05) is 0 Å². The Bertz CT molecular complexity index is 407. The van der Waals surface area contributed by atoms with E-state index in [1.807, 2.05) is 39.3 Å². The first-order chi connectivity index (χ1) is 10.2. The highest BCUT2D eigenvalue weighted by atomic mass is 28.5. The quantitative estimate of drug-likeness (QED) is 0.518. The molecule has 0 aromatic carbocycles. The van der Waals surface area contributed by atoms with Gasteiger partial charge < -0.3 is 25.4 Å². The van der Waals surface area contributed by atoms with Crippen LogP contribution in [-0.4, -0.2) is 56.6 Å². The first-order valence-electron chi connectivity index (χ1n) is 8.45. The Morgan fingerprint density at radius 1 is 0.542 bits per heavy atom. The molecular formula is C12H38O6Si6. The van der Waals surface area contributed by atoms with Crippen molar-refractivity contribution in [2.75, 3.05) is 0 Å². The lowest BCUT2D eigenvalue weighted by molar-refractivity contribution is 0.271. The molecule has 0 saturated heterocycles. The predicted molar refractivity (Wildman–Crippen MR) is 114 cm³/mol. The molecule has 0 aliphatic carbocycles. The van der Waals surface area contributed by atoms with E-state index >= 15 is 0 Å². The Morgan fingerprint density at radius 3 is 1.12 bits per heavy atom.